The molecule has 1 aromatic carbocycles. The highest BCUT2D eigenvalue weighted by Gasteiger charge is 2.24. The average Bonchev–Trinajstić information content (AvgIpc) is 2.45. The van der Waals surface area contributed by atoms with Crippen LogP contribution < -0.4 is 20.7 Å². The van der Waals surface area contributed by atoms with E-state index in [2.05, 4.69) is 5.32 Å². The highest BCUT2D eigenvalue weighted by atomic mass is 16.5. The van der Waals surface area contributed by atoms with E-state index in [-0.39, 0.29) is 0 Å². The van der Waals surface area contributed by atoms with E-state index in [1.165, 1.54) is 19.1 Å². The molecule has 0 spiro atoms. The third-order valence-corrected chi connectivity index (χ3v) is 2.75. The maximum Gasteiger partial charge on any atom is 0.326 e. The lowest BCUT2D eigenvalue weighted by molar-refractivity contribution is -0.140. The molecule has 0 bridgehead atoms. The van der Waals surface area contributed by atoms with Crippen LogP contribution in [0.3, 0.4) is 0 Å². The molecule has 8 heteroatoms. The number of nitrogens with two attached hydrogens (primary N) is 1. The summed E-state index contributed by atoms with van der Waals surface area (Å²) in [5.41, 5.74) is 5.41. The van der Waals surface area contributed by atoms with Gasteiger partial charge in [0.2, 0.25) is 5.91 Å². The second-order valence-corrected chi connectivity index (χ2v) is 4.24. The SMILES string of the molecule is COc1ccccc1N(C)C(=O)N[C@H](CC(N)=O)C(=O)O. The summed E-state index contributed by atoms with van der Waals surface area (Å²) in [4.78, 5) is 35.0. The zero-order valence-electron chi connectivity index (χ0n) is 11.7. The molecule has 1 atom stereocenters. The minimum atomic E-state index is -1.38. The lowest BCUT2D eigenvalue weighted by Crippen LogP contribution is -2.48. The number of nitrogens with one attached hydrogen (secondary N) is 1. The predicted molar refractivity (Wildman–Crippen MR) is 75.2 cm³/mol. The Hall–Kier alpha value is -2.77. The smallest absolute Gasteiger partial charge is 0.326 e. The first-order chi connectivity index (χ1) is 9.86. The van der Waals surface area contributed by atoms with Crippen molar-refractivity contribution in [1.29, 1.82) is 0 Å². The fourth-order valence-corrected chi connectivity index (χ4v) is 1.66. The van der Waals surface area contributed by atoms with E-state index in [4.69, 9.17) is 15.6 Å². The van der Waals surface area contributed by atoms with Crippen molar-refractivity contribution < 1.29 is 24.2 Å². The number of hydrogen-bond acceptors (Lipinski definition) is 4. The molecule has 0 radical (unpaired) electrons. The van der Waals surface area contributed by atoms with Gasteiger partial charge in [0.1, 0.15) is 11.8 Å². The van der Waals surface area contributed by atoms with E-state index in [0.29, 0.717) is 11.4 Å². The number of carboxylic acid groups (broad SMARTS) is 1. The number of benzene rings is 1. The standard InChI is InChI=1S/C13H17N3O5/c1-16(9-5-3-4-6-10(9)21-2)13(20)15-8(12(18)19)7-11(14)17/h3-6,8H,7H2,1-2H3,(H2,14,17)(H,15,20)(H,18,19)/t8-/m1/s1. The number of methoxy groups -OCH3 is 1. The van der Waals surface area contributed by atoms with Crippen molar-refractivity contribution in [3.63, 3.8) is 0 Å². The summed E-state index contributed by atoms with van der Waals surface area (Å²) in [6, 6.07) is 4.68. The molecule has 0 heterocycles. The van der Waals surface area contributed by atoms with E-state index in [1.807, 2.05) is 0 Å². The van der Waals surface area contributed by atoms with Crippen LogP contribution in [0.2, 0.25) is 0 Å². The number of para-hydroxylation sites is 2. The summed E-state index contributed by atoms with van der Waals surface area (Å²) < 4.78 is 5.12. The van der Waals surface area contributed by atoms with Gasteiger partial charge in [0.25, 0.3) is 0 Å². The molecule has 21 heavy (non-hydrogen) atoms. The van der Waals surface area contributed by atoms with Gasteiger partial charge in [-0.15, -0.1) is 0 Å². The fourth-order valence-electron chi connectivity index (χ4n) is 1.66. The van der Waals surface area contributed by atoms with Crippen LogP contribution in [-0.2, 0) is 9.59 Å². The third kappa shape index (κ3) is 4.37. The second-order valence-electron chi connectivity index (χ2n) is 4.24. The van der Waals surface area contributed by atoms with Crippen molar-refractivity contribution in [3.8, 4) is 5.75 Å². The molecule has 0 fully saturated rings. The van der Waals surface area contributed by atoms with Crippen LogP contribution in [0.25, 0.3) is 0 Å². The van der Waals surface area contributed by atoms with Crippen LogP contribution in [0.4, 0.5) is 10.5 Å². The van der Waals surface area contributed by atoms with E-state index in [9.17, 15) is 14.4 Å². The number of amides is 3. The van der Waals surface area contributed by atoms with Crippen molar-refractivity contribution >= 4 is 23.6 Å². The fraction of sp³-hybridized carbons (Fsp3) is 0.308. The van der Waals surface area contributed by atoms with Crippen molar-refractivity contribution in [2.24, 2.45) is 5.73 Å². The maximum absolute atomic E-state index is 12.1. The Morgan fingerprint density at radius 1 is 1.38 bits per heavy atom. The molecule has 3 amide bonds. The molecule has 8 nitrogen and oxygen atoms in total. The third-order valence-electron chi connectivity index (χ3n) is 2.75. The number of carbonyl (C=O) groups excluding carboxylic acids is 2. The number of hydrogen-bond donors (Lipinski definition) is 3. The number of ether oxygens (including phenoxy) is 1. The van der Waals surface area contributed by atoms with Crippen molar-refractivity contribution in [1.82, 2.24) is 5.32 Å². The molecule has 4 N–H and O–H groups in total. The number of primary amides is 1. The van der Waals surface area contributed by atoms with E-state index in [1.54, 1.807) is 24.3 Å². The topological polar surface area (TPSA) is 122 Å². The van der Waals surface area contributed by atoms with Gasteiger partial charge in [-0.25, -0.2) is 9.59 Å². The summed E-state index contributed by atoms with van der Waals surface area (Å²) in [7, 11) is 2.91. The van der Waals surface area contributed by atoms with Crippen molar-refractivity contribution in [2.75, 3.05) is 19.1 Å². The minimum absolute atomic E-state index is 0.455. The zero-order chi connectivity index (χ0) is 16.0. The average molecular weight is 295 g/mol. The molecule has 0 aliphatic heterocycles. The number of carbonyl (C=O) groups is 3. The molecule has 1 rings (SSSR count). The van der Waals surface area contributed by atoms with Gasteiger partial charge in [-0.3, -0.25) is 9.69 Å². The van der Waals surface area contributed by atoms with Crippen LogP contribution in [0.1, 0.15) is 6.42 Å². The Balaban J connectivity index is 2.86. The summed E-state index contributed by atoms with van der Waals surface area (Å²) >= 11 is 0. The first-order valence-electron chi connectivity index (χ1n) is 6.05. The van der Waals surface area contributed by atoms with E-state index in [0.717, 1.165) is 0 Å². The van der Waals surface area contributed by atoms with Gasteiger partial charge in [0, 0.05) is 7.05 Å². The van der Waals surface area contributed by atoms with Gasteiger partial charge in [-0.2, -0.15) is 0 Å². The van der Waals surface area contributed by atoms with Crippen molar-refractivity contribution in [3.05, 3.63) is 24.3 Å². The molecule has 0 aromatic heterocycles. The van der Waals surface area contributed by atoms with Gasteiger partial charge in [-0.1, -0.05) is 12.1 Å². The number of aliphatic carboxylic acids is 1. The Morgan fingerprint density at radius 3 is 2.52 bits per heavy atom. The molecule has 1 aromatic rings. The monoisotopic (exact) mass is 295 g/mol. The molecule has 0 unspecified atom stereocenters. The molecule has 0 aliphatic carbocycles. The van der Waals surface area contributed by atoms with Gasteiger partial charge in [-0.05, 0) is 12.1 Å². The summed E-state index contributed by atoms with van der Waals surface area (Å²) in [5.74, 6) is -1.70. The highest BCUT2D eigenvalue weighted by molar-refractivity contribution is 5.96. The first kappa shape index (κ1) is 16.3. The number of urea groups is 1. The minimum Gasteiger partial charge on any atom is -0.495 e. The molecular formula is C13H17N3O5. The molecule has 0 saturated carbocycles. The zero-order valence-corrected chi connectivity index (χ0v) is 11.7. The summed E-state index contributed by atoms with van der Waals surface area (Å²) in [5, 5.41) is 11.2. The van der Waals surface area contributed by atoms with Crippen LogP contribution in [-0.4, -0.2) is 43.2 Å². The quantitative estimate of drug-likeness (QED) is 0.690. The Morgan fingerprint density at radius 2 is 2.00 bits per heavy atom. The highest BCUT2D eigenvalue weighted by Crippen LogP contribution is 2.26. The maximum atomic E-state index is 12.1. The van der Waals surface area contributed by atoms with Gasteiger partial charge >= 0.3 is 12.0 Å². The van der Waals surface area contributed by atoms with Crippen LogP contribution in [0, 0.1) is 0 Å². The van der Waals surface area contributed by atoms with Gasteiger partial charge in [0.05, 0.1) is 19.2 Å². The largest absolute Gasteiger partial charge is 0.495 e. The number of nitrogens with zero attached hydrogens (tertiary/aromatic N) is 1. The predicted octanol–water partition coefficient (Wildman–Crippen LogP) is 0.170. The summed E-state index contributed by atoms with van der Waals surface area (Å²) in [6.07, 6.45) is -0.485. The first-order valence-corrected chi connectivity index (χ1v) is 6.05. The van der Waals surface area contributed by atoms with E-state index >= 15 is 0 Å². The van der Waals surface area contributed by atoms with Crippen LogP contribution >= 0.6 is 0 Å². The van der Waals surface area contributed by atoms with Crippen LogP contribution in [0.15, 0.2) is 24.3 Å². The molecule has 0 aliphatic rings. The number of carboxylic acids is 1. The molecular weight excluding hydrogens is 278 g/mol. The molecule has 114 valence electrons. The Bertz CT molecular complexity index is 546. The number of anilines is 1. The Labute approximate surface area is 121 Å². The van der Waals surface area contributed by atoms with Gasteiger partial charge in [0.15, 0.2) is 0 Å². The number of rotatable bonds is 6. The lowest BCUT2D eigenvalue weighted by Gasteiger charge is -2.22. The van der Waals surface area contributed by atoms with Crippen LogP contribution in [0.5, 0.6) is 5.75 Å². The lowest BCUT2D eigenvalue weighted by atomic mass is 10.2. The van der Waals surface area contributed by atoms with E-state index < -0.39 is 30.4 Å². The van der Waals surface area contributed by atoms with Gasteiger partial charge < -0.3 is 20.9 Å². The summed E-state index contributed by atoms with van der Waals surface area (Å²) in [6.45, 7) is 0. The Kier molecular flexibility index (Phi) is 5.53. The van der Waals surface area contributed by atoms with Crippen molar-refractivity contribution in [2.45, 2.75) is 12.5 Å². The molecule has 0 saturated heterocycles. The normalized spacial score (nSPS) is 11.3. The second kappa shape index (κ2) is 7.13.